The molecule has 1 N–H and O–H groups in total. The Morgan fingerprint density at radius 3 is 2.78 bits per heavy atom. The Hall–Kier alpha value is -1.50. The largest absolute Gasteiger partial charge is 0.574 e. The van der Waals surface area contributed by atoms with E-state index in [0.717, 1.165) is 25.3 Å². The molecule has 100 valence electrons. The fraction of sp³-hybridized carbons (Fsp3) is 0.545. The van der Waals surface area contributed by atoms with Gasteiger partial charge in [0.15, 0.2) is 0 Å². The standard InChI is InChI=1S/C11H14F3N3O/c1-8-7-17(5-4-15-8)9-2-3-10(16-6-9)18-11(12,13)14/h2-3,6,8,15H,4-5,7H2,1H3/t8-/m1/s1. The monoisotopic (exact) mass is 261 g/mol. The van der Waals surface area contributed by atoms with E-state index in [9.17, 15) is 13.2 Å². The summed E-state index contributed by atoms with van der Waals surface area (Å²) in [7, 11) is 0. The number of anilines is 1. The van der Waals surface area contributed by atoms with Gasteiger partial charge in [-0.1, -0.05) is 0 Å². The van der Waals surface area contributed by atoms with E-state index in [1.54, 1.807) is 6.07 Å². The van der Waals surface area contributed by atoms with Crippen molar-refractivity contribution in [1.29, 1.82) is 0 Å². The molecule has 0 bridgehead atoms. The fourth-order valence-electron chi connectivity index (χ4n) is 1.91. The number of pyridine rings is 1. The molecule has 1 fully saturated rings. The van der Waals surface area contributed by atoms with E-state index in [1.165, 1.54) is 12.3 Å². The van der Waals surface area contributed by atoms with Crippen LogP contribution in [-0.4, -0.2) is 37.0 Å². The number of ether oxygens (including phenoxy) is 1. The molecule has 2 rings (SSSR count). The number of nitrogens with zero attached hydrogens (tertiary/aromatic N) is 2. The predicted molar refractivity (Wildman–Crippen MR) is 60.6 cm³/mol. The first kappa shape index (κ1) is 12.9. The van der Waals surface area contributed by atoms with Crippen molar-refractivity contribution >= 4 is 5.69 Å². The third-order valence-electron chi connectivity index (χ3n) is 2.67. The second-order valence-corrected chi connectivity index (χ2v) is 4.20. The summed E-state index contributed by atoms with van der Waals surface area (Å²) in [6.07, 6.45) is -3.29. The maximum Gasteiger partial charge on any atom is 0.574 e. The number of halogens is 3. The summed E-state index contributed by atoms with van der Waals surface area (Å²) in [6.45, 7) is 4.52. The minimum absolute atomic E-state index is 0.352. The lowest BCUT2D eigenvalue weighted by atomic mass is 10.2. The normalized spacial score (nSPS) is 20.9. The van der Waals surface area contributed by atoms with Crippen LogP contribution >= 0.6 is 0 Å². The molecule has 0 amide bonds. The van der Waals surface area contributed by atoms with Crippen molar-refractivity contribution in [3.8, 4) is 5.88 Å². The van der Waals surface area contributed by atoms with Gasteiger partial charge in [0.1, 0.15) is 0 Å². The number of aromatic nitrogens is 1. The number of piperazine rings is 1. The van der Waals surface area contributed by atoms with Gasteiger partial charge in [0, 0.05) is 31.7 Å². The van der Waals surface area contributed by atoms with Gasteiger partial charge in [-0.05, 0) is 13.0 Å². The predicted octanol–water partition coefficient (Wildman–Crippen LogP) is 1.78. The highest BCUT2D eigenvalue weighted by molar-refractivity contribution is 5.46. The van der Waals surface area contributed by atoms with Gasteiger partial charge in [0.25, 0.3) is 0 Å². The van der Waals surface area contributed by atoms with Crippen molar-refractivity contribution in [2.45, 2.75) is 19.3 Å². The van der Waals surface area contributed by atoms with E-state index < -0.39 is 12.2 Å². The van der Waals surface area contributed by atoms with Crippen LogP contribution in [0.3, 0.4) is 0 Å². The SMILES string of the molecule is C[C@@H]1CN(c2ccc(OC(F)(F)F)nc2)CCN1. The lowest BCUT2D eigenvalue weighted by Gasteiger charge is -2.33. The van der Waals surface area contributed by atoms with Crippen LogP contribution in [0.25, 0.3) is 0 Å². The number of rotatable bonds is 2. The summed E-state index contributed by atoms with van der Waals surface area (Å²) in [5, 5.41) is 3.29. The van der Waals surface area contributed by atoms with Crippen LogP contribution in [0.5, 0.6) is 5.88 Å². The van der Waals surface area contributed by atoms with Crippen molar-refractivity contribution in [3.63, 3.8) is 0 Å². The molecular formula is C11H14F3N3O. The lowest BCUT2D eigenvalue weighted by molar-refractivity contribution is -0.276. The van der Waals surface area contributed by atoms with Crippen LogP contribution in [0, 0.1) is 0 Å². The molecule has 1 aliphatic heterocycles. The molecule has 2 heterocycles. The van der Waals surface area contributed by atoms with Crippen molar-refractivity contribution < 1.29 is 17.9 Å². The summed E-state index contributed by atoms with van der Waals surface area (Å²) in [6, 6.07) is 3.17. The zero-order valence-corrected chi connectivity index (χ0v) is 9.87. The molecule has 0 unspecified atom stereocenters. The highest BCUT2D eigenvalue weighted by atomic mass is 19.4. The van der Waals surface area contributed by atoms with Gasteiger partial charge in [0.05, 0.1) is 11.9 Å². The molecule has 0 radical (unpaired) electrons. The van der Waals surface area contributed by atoms with Gasteiger partial charge in [0.2, 0.25) is 5.88 Å². The molecular weight excluding hydrogens is 247 g/mol. The molecule has 0 spiro atoms. The van der Waals surface area contributed by atoms with Gasteiger partial charge < -0.3 is 15.0 Å². The van der Waals surface area contributed by atoms with Crippen LogP contribution < -0.4 is 15.0 Å². The molecule has 1 atom stereocenters. The highest BCUT2D eigenvalue weighted by Gasteiger charge is 2.31. The van der Waals surface area contributed by atoms with E-state index in [4.69, 9.17) is 0 Å². The summed E-state index contributed by atoms with van der Waals surface area (Å²) in [5.41, 5.74) is 0.804. The number of hydrogen-bond donors (Lipinski definition) is 1. The molecule has 0 aromatic carbocycles. The summed E-state index contributed by atoms with van der Waals surface area (Å²) >= 11 is 0. The average Bonchev–Trinajstić information content (AvgIpc) is 2.28. The third-order valence-corrected chi connectivity index (χ3v) is 2.67. The van der Waals surface area contributed by atoms with Crippen molar-refractivity contribution in [2.75, 3.05) is 24.5 Å². The number of nitrogens with one attached hydrogen (secondary N) is 1. The van der Waals surface area contributed by atoms with E-state index in [1.807, 2.05) is 0 Å². The molecule has 18 heavy (non-hydrogen) atoms. The van der Waals surface area contributed by atoms with Crippen molar-refractivity contribution in [2.24, 2.45) is 0 Å². The first-order valence-electron chi connectivity index (χ1n) is 5.64. The average molecular weight is 261 g/mol. The van der Waals surface area contributed by atoms with Gasteiger partial charge >= 0.3 is 6.36 Å². The Labute approximate surface area is 103 Å². The number of alkyl halides is 3. The second kappa shape index (κ2) is 5.01. The zero-order valence-electron chi connectivity index (χ0n) is 9.87. The van der Waals surface area contributed by atoms with E-state index in [0.29, 0.717) is 6.04 Å². The molecule has 7 heteroatoms. The minimum Gasteiger partial charge on any atom is -0.388 e. The van der Waals surface area contributed by atoms with Gasteiger partial charge in [-0.3, -0.25) is 0 Å². The molecule has 1 aliphatic rings. The quantitative estimate of drug-likeness (QED) is 0.880. The van der Waals surface area contributed by atoms with Crippen LogP contribution in [0.15, 0.2) is 18.3 Å². The molecule has 0 aliphatic carbocycles. The minimum atomic E-state index is -4.70. The smallest absolute Gasteiger partial charge is 0.388 e. The van der Waals surface area contributed by atoms with Crippen LogP contribution in [0.2, 0.25) is 0 Å². The summed E-state index contributed by atoms with van der Waals surface area (Å²) in [5.74, 6) is -0.436. The van der Waals surface area contributed by atoms with E-state index in [-0.39, 0.29) is 0 Å². The van der Waals surface area contributed by atoms with Gasteiger partial charge in [-0.25, -0.2) is 4.98 Å². The van der Waals surface area contributed by atoms with Crippen LogP contribution in [0.4, 0.5) is 18.9 Å². The Kier molecular flexibility index (Phi) is 3.60. The highest BCUT2D eigenvalue weighted by Crippen LogP contribution is 2.23. The Bertz CT molecular complexity index is 394. The Morgan fingerprint density at radius 1 is 1.44 bits per heavy atom. The van der Waals surface area contributed by atoms with Crippen LogP contribution in [0.1, 0.15) is 6.92 Å². The summed E-state index contributed by atoms with van der Waals surface area (Å²) < 4.78 is 39.6. The van der Waals surface area contributed by atoms with Crippen LogP contribution in [-0.2, 0) is 0 Å². The zero-order chi connectivity index (χ0) is 13.2. The second-order valence-electron chi connectivity index (χ2n) is 4.20. The van der Waals surface area contributed by atoms with E-state index in [2.05, 4.69) is 26.9 Å². The fourth-order valence-corrected chi connectivity index (χ4v) is 1.91. The maximum absolute atomic E-state index is 12.0. The topological polar surface area (TPSA) is 37.4 Å². The van der Waals surface area contributed by atoms with Crippen molar-refractivity contribution in [3.05, 3.63) is 18.3 Å². The first-order chi connectivity index (χ1) is 8.44. The lowest BCUT2D eigenvalue weighted by Crippen LogP contribution is -2.49. The molecule has 1 saturated heterocycles. The molecule has 1 aromatic heterocycles. The van der Waals surface area contributed by atoms with Gasteiger partial charge in [-0.2, -0.15) is 0 Å². The Balaban J connectivity index is 2.03. The Morgan fingerprint density at radius 2 is 2.22 bits per heavy atom. The van der Waals surface area contributed by atoms with Gasteiger partial charge in [-0.15, -0.1) is 13.2 Å². The number of hydrogen-bond acceptors (Lipinski definition) is 4. The van der Waals surface area contributed by atoms with Crippen molar-refractivity contribution in [1.82, 2.24) is 10.3 Å². The maximum atomic E-state index is 12.0. The molecule has 4 nitrogen and oxygen atoms in total. The van der Waals surface area contributed by atoms with E-state index >= 15 is 0 Å². The third kappa shape index (κ3) is 3.49. The molecule has 0 saturated carbocycles. The summed E-state index contributed by atoms with van der Waals surface area (Å²) in [4.78, 5) is 5.73. The molecule has 1 aromatic rings. The first-order valence-corrected chi connectivity index (χ1v) is 5.64.